The van der Waals surface area contributed by atoms with E-state index in [0.29, 0.717) is 22.8 Å². The van der Waals surface area contributed by atoms with Gasteiger partial charge in [-0.3, -0.25) is 0 Å². The number of hydrogen-bond donors (Lipinski definition) is 0. The van der Waals surface area contributed by atoms with Gasteiger partial charge in [0.1, 0.15) is 24.3 Å². The summed E-state index contributed by atoms with van der Waals surface area (Å²) in [5, 5.41) is 40.2. The molecule has 0 bridgehead atoms. The number of nitrogens with zero attached hydrogens (tertiary/aromatic N) is 8. The summed E-state index contributed by atoms with van der Waals surface area (Å²) in [6.07, 6.45) is 7.54. The number of benzene rings is 4. The lowest BCUT2D eigenvalue weighted by atomic mass is 9.50. The van der Waals surface area contributed by atoms with Crippen molar-refractivity contribution >= 4 is 24.3 Å². The molecule has 6 aromatic rings. The average molecular weight is 669 g/mol. The fraction of sp³-hybridized carbons (Fsp3) is 0.0909. The summed E-state index contributed by atoms with van der Waals surface area (Å²) < 4.78 is 0. The Morgan fingerprint density at radius 3 is 1.00 bits per heavy atom. The topological polar surface area (TPSA) is 147 Å². The normalized spacial score (nSPS) is 17.8. The Bertz CT molecular complexity index is 2280. The second kappa shape index (κ2) is 14.9. The van der Waals surface area contributed by atoms with E-state index in [1.54, 1.807) is 0 Å². The summed E-state index contributed by atoms with van der Waals surface area (Å²) in [5.74, 6) is -1.23. The average Bonchev–Trinajstić information content (AvgIpc) is 3.20. The maximum absolute atomic E-state index is 10.1. The van der Waals surface area contributed by atoms with Crippen molar-refractivity contribution in [2.45, 2.75) is 23.7 Å². The van der Waals surface area contributed by atoms with Crippen molar-refractivity contribution in [3.05, 3.63) is 189 Å². The summed E-state index contributed by atoms with van der Waals surface area (Å²) in [5.41, 5.74) is 5.79. The lowest BCUT2D eigenvalue weighted by Gasteiger charge is -2.52. The van der Waals surface area contributed by atoms with Crippen LogP contribution in [-0.4, -0.2) is 19.9 Å². The Labute approximate surface area is 301 Å². The Morgan fingerprint density at radius 1 is 0.365 bits per heavy atom. The zero-order chi connectivity index (χ0) is 35.9. The third kappa shape index (κ3) is 6.45. The minimum absolute atomic E-state index is 0.0483. The molecule has 0 saturated heterocycles. The van der Waals surface area contributed by atoms with E-state index in [0.717, 1.165) is 22.3 Å². The molecule has 1 aliphatic rings. The first-order valence-corrected chi connectivity index (χ1v) is 16.6. The van der Waals surface area contributed by atoms with Gasteiger partial charge < -0.3 is 0 Å². The standard InChI is InChI=1S/C44H28N8/c45-25-35-37(27-47)51-43(33(49-35)23-21-29-13-5-1-6-14-29)41-39(31-17-9-3-10-18-31)42(40(41)32-19-11-4-12-20-32)44-34(24-22-30-15-7-2-8-16-30)50-36(26-46)38(28-48)52-44/h1-24,39-42H/b23-21-,24-22-. The van der Waals surface area contributed by atoms with E-state index >= 15 is 0 Å². The highest BCUT2D eigenvalue weighted by Crippen LogP contribution is 2.66. The number of aromatic nitrogens is 4. The van der Waals surface area contributed by atoms with Crippen LogP contribution in [0.1, 0.15) is 91.5 Å². The van der Waals surface area contributed by atoms with Gasteiger partial charge in [0, 0.05) is 23.7 Å². The third-order valence-corrected chi connectivity index (χ3v) is 9.34. The molecule has 2 heterocycles. The van der Waals surface area contributed by atoms with Crippen molar-refractivity contribution in [1.82, 2.24) is 19.9 Å². The first-order chi connectivity index (χ1) is 25.6. The van der Waals surface area contributed by atoms with Gasteiger partial charge in [0.25, 0.3) is 0 Å². The Kier molecular flexibility index (Phi) is 9.48. The van der Waals surface area contributed by atoms with E-state index in [4.69, 9.17) is 19.9 Å². The zero-order valence-electron chi connectivity index (χ0n) is 27.7. The van der Waals surface area contributed by atoms with E-state index in [1.807, 2.05) is 121 Å². The van der Waals surface area contributed by atoms with Crippen LogP contribution < -0.4 is 0 Å². The number of hydrogen-bond acceptors (Lipinski definition) is 8. The van der Waals surface area contributed by atoms with Crippen molar-refractivity contribution in [3.63, 3.8) is 0 Å². The zero-order valence-corrected chi connectivity index (χ0v) is 27.7. The van der Waals surface area contributed by atoms with Gasteiger partial charge in [-0.25, -0.2) is 19.9 Å². The van der Waals surface area contributed by atoms with Crippen molar-refractivity contribution in [2.75, 3.05) is 0 Å². The van der Waals surface area contributed by atoms with Crippen molar-refractivity contribution in [2.24, 2.45) is 0 Å². The predicted octanol–water partition coefficient (Wildman–Crippen LogP) is 8.54. The van der Waals surface area contributed by atoms with Crippen LogP contribution in [0, 0.1) is 45.3 Å². The quantitative estimate of drug-likeness (QED) is 0.157. The van der Waals surface area contributed by atoms with E-state index < -0.39 is 0 Å². The molecule has 8 heteroatoms. The Morgan fingerprint density at radius 2 is 0.673 bits per heavy atom. The van der Waals surface area contributed by atoms with Gasteiger partial charge in [0.05, 0.1) is 22.8 Å². The first kappa shape index (κ1) is 33.0. The molecule has 0 aliphatic heterocycles. The number of rotatable bonds is 8. The van der Waals surface area contributed by atoms with Crippen molar-refractivity contribution in [3.8, 4) is 24.3 Å². The van der Waals surface area contributed by atoms with Gasteiger partial charge in [0.2, 0.25) is 0 Å². The molecule has 0 atom stereocenters. The number of nitriles is 4. The molecule has 0 unspecified atom stereocenters. The van der Waals surface area contributed by atoms with E-state index in [2.05, 4.69) is 48.5 Å². The fourth-order valence-electron chi connectivity index (χ4n) is 7.06. The molecule has 0 N–H and O–H groups in total. The smallest absolute Gasteiger partial charge is 0.177 e. The van der Waals surface area contributed by atoms with Crippen molar-refractivity contribution in [1.29, 1.82) is 21.0 Å². The molecule has 1 aliphatic carbocycles. The highest BCUT2D eigenvalue weighted by Gasteiger charge is 2.55. The molecule has 4 aromatic carbocycles. The molecule has 8 nitrogen and oxygen atoms in total. The van der Waals surface area contributed by atoms with Crippen molar-refractivity contribution < 1.29 is 0 Å². The molecule has 2 aromatic heterocycles. The third-order valence-electron chi connectivity index (χ3n) is 9.34. The summed E-state index contributed by atoms with van der Waals surface area (Å²) in [7, 11) is 0. The minimum Gasteiger partial charge on any atom is -0.237 e. The van der Waals surface area contributed by atoms with Crippen LogP contribution in [0.4, 0.5) is 0 Å². The summed E-state index contributed by atoms with van der Waals surface area (Å²) >= 11 is 0. The minimum atomic E-state index is -0.341. The van der Waals surface area contributed by atoms with E-state index in [-0.39, 0.29) is 46.4 Å². The van der Waals surface area contributed by atoms with Crippen LogP contribution in [0.2, 0.25) is 0 Å². The molecule has 52 heavy (non-hydrogen) atoms. The summed E-state index contributed by atoms with van der Waals surface area (Å²) in [6.45, 7) is 0. The second-order valence-electron chi connectivity index (χ2n) is 12.2. The fourth-order valence-corrected chi connectivity index (χ4v) is 7.06. The molecule has 1 fully saturated rings. The van der Waals surface area contributed by atoms with Gasteiger partial charge in [-0.15, -0.1) is 0 Å². The summed E-state index contributed by atoms with van der Waals surface area (Å²) in [6, 6.07) is 47.8. The maximum atomic E-state index is 10.1. The molecule has 0 amide bonds. The van der Waals surface area contributed by atoms with Crippen LogP contribution in [0.3, 0.4) is 0 Å². The molecule has 1 saturated carbocycles. The highest BCUT2D eigenvalue weighted by molar-refractivity contribution is 5.72. The van der Waals surface area contributed by atoms with Crippen LogP contribution in [-0.2, 0) is 0 Å². The van der Waals surface area contributed by atoms with E-state index in [9.17, 15) is 21.0 Å². The van der Waals surface area contributed by atoms with Gasteiger partial charge in [-0.2, -0.15) is 21.0 Å². The molecule has 0 radical (unpaired) electrons. The van der Waals surface area contributed by atoms with Crippen LogP contribution in [0.15, 0.2) is 121 Å². The van der Waals surface area contributed by atoms with E-state index in [1.165, 1.54) is 0 Å². The van der Waals surface area contributed by atoms with Crippen LogP contribution in [0.5, 0.6) is 0 Å². The van der Waals surface area contributed by atoms with Gasteiger partial charge in [-0.1, -0.05) is 133 Å². The Hall–Kier alpha value is -7.52. The second-order valence-corrected chi connectivity index (χ2v) is 12.2. The predicted molar refractivity (Wildman–Crippen MR) is 198 cm³/mol. The van der Waals surface area contributed by atoms with Crippen LogP contribution in [0.25, 0.3) is 24.3 Å². The van der Waals surface area contributed by atoms with Gasteiger partial charge in [-0.05, 0) is 34.4 Å². The molecule has 0 spiro atoms. The summed E-state index contributed by atoms with van der Waals surface area (Å²) in [4.78, 5) is 19.2. The van der Waals surface area contributed by atoms with Gasteiger partial charge in [0.15, 0.2) is 22.8 Å². The Balaban J connectivity index is 1.49. The lowest BCUT2D eigenvalue weighted by Crippen LogP contribution is -2.42. The first-order valence-electron chi connectivity index (χ1n) is 16.6. The molecular formula is C44H28N8. The lowest BCUT2D eigenvalue weighted by molar-refractivity contribution is 0.218. The SMILES string of the molecule is N#Cc1nc(/C=C\c2ccccc2)c(C2C(c3ccccc3)C(c3nc(C#N)c(C#N)nc3/C=C\c3ccccc3)C2c2ccccc2)nc1C#N. The maximum Gasteiger partial charge on any atom is 0.177 e. The molecular weight excluding hydrogens is 641 g/mol. The molecule has 7 rings (SSSR count). The van der Waals surface area contributed by atoms with Gasteiger partial charge >= 0.3 is 0 Å². The molecule has 244 valence electrons. The van der Waals surface area contributed by atoms with Crippen LogP contribution >= 0.6 is 0 Å². The largest absolute Gasteiger partial charge is 0.237 e. The highest BCUT2D eigenvalue weighted by atomic mass is 14.9. The monoisotopic (exact) mass is 668 g/mol.